The van der Waals surface area contributed by atoms with Crippen LogP contribution >= 0.6 is 0 Å². The van der Waals surface area contributed by atoms with Gasteiger partial charge in [0.2, 0.25) is 5.91 Å². The number of hydrogen-bond donors (Lipinski definition) is 3. The van der Waals surface area contributed by atoms with Crippen molar-refractivity contribution in [3.05, 3.63) is 29.8 Å². The fourth-order valence-electron chi connectivity index (χ4n) is 1.83. The van der Waals surface area contributed by atoms with Crippen LogP contribution < -0.4 is 16.0 Å². The van der Waals surface area contributed by atoms with Gasteiger partial charge < -0.3 is 16.0 Å². The summed E-state index contributed by atoms with van der Waals surface area (Å²) in [5.41, 5.74) is 1.99. The summed E-state index contributed by atoms with van der Waals surface area (Å²) in [6.07, 6.45) is 1.09. The van der Waals surface area contributed by atoms with Gasteiger partial charge in [-0.2, -0.15) is 0 Å². The molecule has 20 heavy (non-hydrogen) atoms. The number of aliphatic imine (C=N–C) groups is 1. The van der Waals surface area contributed by atoms with E-state index in [1.54, 1.807) is 0 Å². The van der Waals surface area contributed by atoms with Gasteiger partial charge in [0.05, 0.1) is 0 Å². The highest BCUT2D eigenvalue weighted by Crippen LogP contribution is 2.10. The Morgan fingerprint density at radius 1 is 1.35 bits per heavy atom. The Balaban J connectivity index is 1.85. The molecule has 1 aromatic rings. The van der Waals surface area contributed by atoms with Gasteiger partial charge in [0.15, 0.2) is 5.96 Å². The first-order chi connectivity index (χ1) is 9.65. The van der Waals surface area contributed by atoms with Crippen LogP contribution in [-0.2, 0) is 11.3 Å². The van der Waals surface area contributed by atoms with Gasteiger partial charge in [-0.1, -0.05) is 26.0 Å². The lowest BCUT2D eigenvalue weighted by Crippen LogP contribution is -2.40. The van der Waals surface area contributed by atoms with E-state index in [2.05, 4.69) is 20.9 Å². The average Bonchev–Trinajstić information content (AvgIpc) is 2.47. The van der Waals surface area contributed by atoms with Crippen LogP contribution in [0.5, 0.6) is 0 Å². The van der Waals surface area contributed by atoms with Gasteiger partial charge in [-0.15, -0.1) is 0 Å². The Kier molecular flexibility index (Phi) is 4.98. The van der Waals surface area contributed by atoms with Gasteiger partial charge >= 0.3 is 0 Å². The second-order valence-corrected chi connectivity index (χ2v) is 5.21. The lowest BCUT2D eigenvalue weighted by atomic mass is 10.1. The summed E-state index contributed by atoms with van der Waals surface area (Å²) in [6.45, 7) is 6.35. The molecule has 1 heterocycles. The van der Waals surface area contributed by atoms with Gasteiger partial charge in [0.25, 0.3) is 0 Å². The highest BCUT2D eigenvalue weighted by atomic mass is 16.1. The molecule has 5 nitrogen and oxygen atoms in total. The number of nitrogens with one attached hydrogen (secondary N) is 3. The molecule has 1 amide bonds. The summed E-state index contributed by atoms with van der Waals surface area (Å²) >= 11 is 0. The third kappa shape index (κ3) is 4.26. The first kappa shape index (κ1) is 14.4. The second-order valence-electron chi connectivity index (χ2n) is 5.21. The number of anilines is 1. The highest BCUT2D eigenvalue weighted by molar-refractivity contribution is 5.92. The number of nitrogens with zero attached hydrogens (tertiary/aromatic N) is 1. The van der Waals surface area contributed by atoms with Crippen molar-refractivity contribution in [1.29, 1.82) is 0 Å². The summed E-state index contributed by atoms with van der Waals surface area (Å²) in [4.78, 5) is 15.9. The van der Waals surface area contributed by atoms with Crippen LogP contribution in [0.1, 0.15) is 25.8 Å². The van der Waals surface area contributed by atoms with E-state index in [0.29, 0.717) is 0 Å². The molecule has 0 radical (unpaired) electrons. The van der Waals surface area contributed by atoms with Crippen LogP contribution in [0, 0.1) is 5.92 Å². The molecular formula is C15H22N4O. The maximum absolute atomic E-state index is 11.6. The van der Waals surface area contributed by atoms with E-state index >= 15 is 0 Å². The predicted molar refractivity (Wildman–Crippen MR) is 81.7 cm³/mol. The molecule has 0 saturated heterocycles. The Bertz CT molecular complexity index is 479. The minimum atomic E-state index is -0.00766. The first-order valence-corrected chi connectivity index (χ1v) is 7.07. The average molecular weight is 274 g/mol. The Morgan fingerprint density at radius 3 is 2.70 bits per heavy atom. The standard InChI is InChI=1S/C15H22N4O/c1-11(2)14(20)19-13-6-4-12(5-7-13)10-18-15-16-8-3-9-17-15/h4-7,11H,3,8-10H2,1-2H3,(H,19,20)(H2,16,17,18). The molecule has 0 spiro atoms. The number of amides is 1. The molecule has 0 aliphatic carbocycles. The number of guanidine groups is 1. The van der Waals surface area contributed by atoms with Crippen molar-refractivity contribution in [2.75, 3.05) is 18.4 Å². The van der Waals surface area contributed by atoms with E-state index in [4.69, 9.17) is 0 Å². The van der Waals surface area contributed by atoms with E-state index in [1.807, 2.05) is 38.1 Å². The smallest absolute Gasteiger partial charge is 0.226 e. The molecular weight excluding hydrogens is 252 g/mol. The van der Waals surface area contributed by atoms with Crippen molar-refractivity contribution < 1.29 is 4.79 Å². The lowest BCUT2D eigenvalue weighted by molar-refractivity contribution is -0.118. The molecule has 0 aromatic heterocycles. The highest BCUT2D eigenvalue weighted by Gasteiger charge is 2.07. The molecule has 1 aromatic carbocycles. The zero-order valence-corrected chi connectivity index (χ0v) is 12.1. The fourth-order valence-corrected chi connectivity index (χ4v) is 1.83. The third-order valence-electron chi connectivity index (χ3n) is 3.10. The van der Waals surface area contributed by atoms with Crippen LogP contribution in [0.15, 0.2) is 29.3 Å². The molecule has 0 saturated carbocycles. The second kappa shape index (κ2) is 6.93. The largest absolute Gasteiger partial charge is 0.356 e. The number of benzene rings is 1. The summed E-state index contributed by atoms with van der Waals surface area (Å²) < 4.78 is 0. The van der Waals surface area contributed by atoms with Gasteiger partial charge in [-0.25, -0.2) is 0 Å². The molecule has 0 unspecified atom stereocenters. The van der Waals surface area contributed by atoms with Crippen molar-refractivity contribution in [2.45, 2.75) is 26.8 Å². The fraction of sp³-hybridized carbons (Fsp3) is 0.467. The maximum atomic E-state index is 11.6. The van der Waals surface area contributed by atoms with Crippen molar-refractivity contribution in [3.63, 3.8) is 0 Å². The van der Waals surface area contributed by atoms with Crippen molar-refractivity contribution in [3.8, 4) is 0 Å². The third-order valence-corrected chi connectivity index (χ3v) is 3.10. The molecule has 3 N–H and O–H groups in total. The molecule has 0 bridgehead atoms. The number of carbonyl (C=O) groups is 1. The Hall–Kier alpha value is -2.04. The molecule has 5 heteroatoms. The van der Waals surface area contributed by atoms with Crippen LogP contribution in [0.2, 0.25) is 0 Å². The monoisotopic (exact) mass is 274 g/mol. The predicted octanol–water partition coefficient (Wildman–Crippen LogP) is 1.72. The first-order valence-electron chi connectivity index (χ1n) is 7.07. The van der Waals surface area contributed by atoms with E-state index in [0.717, 1.165) is 43.3 Å². The molecule has 2 rings (SSSR count). The van der Waals surface area contributed by atoms with Gasteiger partial charge in [-0.05, 0) is 24.1 Å². The summed E-state index contributed by atoms with van der Waals surface area (Å²) in [5.74, 6) is 0.900. The van der Waals surface area contributed by atoms with Crippen LogP contribution in [0.4, 0.5) is 5.69 Å². The number of rotatable bonds is 4. The Labute approximate surface area is 119 Å². The van der Waals surface area contributed by atoms with Gasteiger partial charge in [-0.3, -0.25) is 9.79 Å². The SMILES string of the molecule is CC(C)C(=O)Nc1ccc(CNC2=NCCCN2)cc1. The van der Waals surface area contributed by atoms with Crippen molar-refractivity contribution in [2.24, 2.45) is 10.9 Å². The lowest BCUT2D eigenvalue weighted by Gasteiger charge is -2.16. The summed E-state index contributed by atoms with van der Waals surface area (Å²) in [5, 5.41) is 9.37. The van der Waals surface area contributed by atoms with E-state index in [9.17, 15) is 4.79 Å². The maximum Gasteiger partial charge on any atom is 0.226 e. The van der Waals surface area contributed by atoms with E-state index in [-0.39, 0.29) is 11.8 Å². The van der Waals surface area contributed by atoms with Gasteiger partial charge in [0, 0.05) is 31.2 Å². The Morgan fingerprint density at radius 2 is 2.10 bits per heavy atom. The summed E-state index contributed by atoms with van der Waals surface area (Å²) in [6, 6.07) is 7.86. The minimum Gasteiger partial charge on any atom is -0.356 e. The molecule has 108 valence electrons. The van der Waals surface area contributed by atoms with E-state index in [1.165, 1.54) is 0 Å². The topological polar surface area (TPSA) is 65.5 Å². The molecule has 1 aliphatic heterocycles. The quantitative estimate of drug-likeness (QED) is 0.783. The van der Waals surface area contributed by atoms with Gasteiger partial charge in [0.1, 0.15) is 0 Å². The van der Waals surface area contributed by atoms with E-state index < -0.39 is 0 Å². The van der Waals surface area contributed by atoms with Crippen molar-refractivity contribution >= 4 is 17.6 Å². The molecule has 1 aliphatic rings. The summed E-state index contributed by atoms with van der Waals surface area (Å²) in [7, 11) is 0. The zero-order chi connectivity index (χ0) is 14.4. The number of hydrogen-bond acceptors (Lipinski definition) is 4. The normalized spacial score (nSPS) is 14.4. The van der Waals surface area contributed by atoms with Crippen LogP contribution in [0.25, 0.3) is 0 Å². The van der Waals surface area contributed by atoms with Crippen LogP contribution in [0.3, 0.4) is 0 Å². The molecule has 0 fully saturated rings. The molecule has 0 atom stereocenters. The minimum absolute atomic E-state index is 0.00766. The zero-order valence-electron chi connectivity index (χ0n) is 12.1. The van der Waals surface area contributed by atoms with Crippen LogP contribution in [-0.4, -0.2) is 25.0 Å². The number of carbonyl (C=O) groups excluding carboxylic acids is 1. The van der Waals surface area contributed by atoms with Crippen molar-refractivity contribution in [1.82, 2.24) is 10.6 Å².